The fourth-order valence-corrected chi connectivity index (χ4v) is 1.82. The third-order valence-corrected chi connectivity index (χ3v) is 3.13. The van der Waals surface area contributed by atoms with Gasteiger partial charge in [-0.1, -0.05) is 19.9 Å². The summed E-state index contributed by atoms with van der Waals surface area (Å²) in [5.74, 6) is 1.21. The van der Waals surface area contributed by atoms with Gasteiger partial charge in [0, 0.05) is 12.1 Å². The lowest BCUT2D eigenvalue weighted by Gasteiger charge is -2.10. The Balaban J connectivity index is 2.39. The molecule has 1 aromatic carbocycles. The number of rotatable bonds is 9. The molecule has 1 aromatic rings. The Kier molecular flexibility index (Phi) is 7.73. The fourth-order valence-electron chi connectivity index (χ4n) is 1.82. The molecule has 1 rings (SSSR count). The number of carbonyl (C=O) groups is 1. The topological polar surface area (TPSA) is 64.3 Å². The van der Waals surface area contributed by atoms with E-state index in [1.807, 2.05) is 12.1 Å². The van der Waals surface area contributed by atoms with Crippen molar-refractivity contribution in [3.8, 4) is 5.75 Å². The van der Waals surface area contributed by atoms with E-state index in [9.17, 15) is 4.79 Å². The van der Waals surface area contributed by atoms with Gasteiger partial charge in [-0.3, -0.25) is 4.79 Å². The number of nitrogens with one attached hydrogen (secondary N) is 1. The number of hydrogen-bond donors (Lipinski definition) is 2. The van der Waals surface area contributed by atoms with Crippen LogP contribution in [0.2, 0.25) is 0 Å². The maximum absolute atomic E-state index is 12.0. The minimum atomic E-state index is -0.0487. The lowest BCUT2D eigenvalue weighted by Crippen LogP contribution is -2.25. The zero-order valence-corrected chi connectivity index (χ0v) is 12.5. The quantitative estimate of drug-likeness (QED) is 0.682. The average molecular weight is 278 g/mol. The van der Waals surface area contributed by atoms with Crippen LogP contribution in [0, 0.1) is 5.92 Å². The smallest absolute Gasteiger partial charge is 0.251 e. The highest BCUT2D eigenvalue weighted by molar-refractivity contribution is 5.94. The highest BCUT2D eigenvalue weighted by Gasteiger charge is 2.06. The lowest BCUT2D eigenvalue weighted by molar-refractivity contribution is 0.0952. The third kappa shape index (κ3) is 6.06. The average Bonchev–Trinajstić information content (AvgIpc) is 2.49. The van der Waals surface area contributed by atoms with Gasteiger partial charge in [-0.15, -0.1) is 0 Å². The first-order chi connectivity index (χ1) is 9.67. The van der Waals surface area contributed by atoms with Crippen LogP contribution in [0.4, 0.5) is 0 Å². The van der Waals surface area contributed by atoms with E-state index in [2.05, 4.69) is 19.2 Å². The summed E-state index contributed by atoms with van der Waals surface area (Å²) in [5, 5.41) is 2.93. The zero-order chi connectivity index (χ0) is 14.8. The van der Waals surface area contributed by atoms with E-state index in [0.29, 0.717) is 31.2 Å². The SMILES string of the molecule is CCCOc1cccc(C(=O)NCCCC(C)CN)c1. The highest BCUT2D eigenvalue weighted by atomic mass is 16.5. The van der Waals surface area contributed by atoms with E-state index in [0.717, 1.165) is 25.0 Å². The highest BCUT2D eigenvalue weighted by Crippen LogP contribution is 2.13. The standard InChI is InChI=1S/C16H26N2O2/c1-3-10-20-15-8-4-7-14(11-15)16(19)18-9-5-6-13(2)12-17/h4,7-8,11,13H,3,5-6,9-10,12,17H2,1-2H3,(H,18,19). The molecule has 112 valence electrons. The molecule has 0 aliphatic heterocycles. The molecule has 0 fully saturated rings. The van der Waals surface area contributed by atoms with Crippen LogP contribution in [0.3, 0.4) is 0 Å². The van der Waals surface area contributed by atoms with Gasteiger partial charge in [0.15, 0.2) is 0 Å². The minimum Gasteiger partial charge on any atom is -0.494 e. The van der Waals surface area contributed by atoms with Crippen molar-refractivity contribution in [1.82, 2.24) is 5.32 Å². The molecule has 0 saturated heterocycles. The van der Waals surface area contributed by atoms with Crippen LogP contribution in [-0.2, 0) is 0 Å². The van der Waals surface area contributed by atoms with Crippen molar-refractivity contribution in [2.45, 2.75) is 33.1 Å². The van der Waals surface area contributed by atoms with Crippen LogP contribution >= 0.6 is 0 Å². The number of nitrogens with two attached hydrogens (primary N) is 1. The normalized spacial score (nSPS) is 11.9. The molecule has 0 heterocycles. The van der Waals surface area contributed by atoms with Crippen molar-refractivity contribution in [3.05, 3.63) is 29.8 Å². The molecule has 0 radical (unpaired) electrons. The summed E-state index contributed by atoms with van der Waals surface area (Å²) >= 11 is 0. The second-order valence-electron chi connectivity index (χ2n) is 5.12. The summed E-state index contributed by atoms with van der Waals surface area (Å²) in [6.45, 7) is 6.23. The Bertz CT molecular complexity index is 407. The summed E-state index contributed by atoms with van der Waals surface area (Å²) in [6.07, 6.45) is 2.95. The Morgan fingerprint density at radius 2 is 2.25 bits per heavy atom. The number of benzene rings is 1. The molecular weight excluding hydrogens is 252 g/mol. The second kappa shape index (κ2) is 9.37. The molecular formula is C16H26N2O2. The summed E-state index contributed by atoms with van der Waals surface area (Å²) in [7, 11) is 0. The van der Waals surface area contributed by atoms with Gasteiger partial charge < -0.3 is 15.8 Å². The summed E-state index contributed by atoms with van der Waals surface area (Å²) in [5.41, 5.74) is 6.20. The molecule has 0 saturated carbocycles. The van der Waals surface area contributed by atoms with Gasteiger partial charge in [0.25, 0.3) is 5.91 Å². The van der Waals surface area contributed by atoms with E-state index in [-0.39, 0.29) is 5.91 Å². The molecule has 0 spiro atoms. The predicted octanol–water partition coefficient (Wildman–Crippen LogP) is 2.58. The molecule has 4 nitrogen and oxygen atoms in total. The maximum atomic E-state index is 12.0. The molecule has 0 bridgehead atoms. The van der Waals surface area contributed by atoms with Crippen molar-refractivity contribution in [3.63, 3.8) is 0 Å². The monoisotopic (exact) mass is 278 g/mol. The zero-order valence-electron chi connectivity index (χ0n) is 12.5. The predicted molar refractivity (Wildman–Crippen MR) is 82.0 cm³/mol. The summed E-state index contributed by atoms with van der Waals surface area (Å²) in [4.78, 5) is 12.0. The minimum absolute atomic E-state index is 0.0487. The first-order valence-electron chi connectivity index (χ1n) is 7.38. The van der Waals surface area contributed by atoms with Crippen molar-refractivity contribution < 1.29 is 9.53 Å². The first-order valence-corrected chi connectivity index (χ1v) is 7.38. The first kappa shape index (κ1) is 16.5. The molecule has 0 aliphatic rings. The van der Waals surface area contributed by atoms with Crippen LogP contribution in [0.1, 0.15) is 43.5 Å². The van der Waals surface area contributed by atoms with E-state index in [1.54, 1.807) is 12.1 Å². The maximum Gasteiger partial charge on any atom is 0.251 e. The Hall–Kier alpha value is -1.55. The van der Waals surface area contributed by atoms with Gasteiger partial charge in [0.1, 0.15) is 5.75 Å². The molecule has 20 heavy (non-hydrogen) atoms. The number of hydrogen-bond acceptors (Lipinski definition) is 3. The molecule has 0 aromatic heterocycles. The fraction of sp³-hybridized carbons (Fsp3) is 0.562. The Labute approximate surface area is 121 Å². The van der Waals surface area contributed by atoms with E-state index in [1.165, 1.54) is 0 Å². The molecule has 1 unspecified atom stereocenters. The molecule has 1 atom stereocenters. The van der Waals surface area contributed by atoms with Gasteiger partial charge in [-0.2, -0.15) is 0 Å². The van der Waals surface area contributed by atoms with Crippen molar-refractivity contribution in [2.75, 3.05) is 19.7 Å². The molecule has 3 N–H and O–H groups in total. The van der Waals surface area contributed by atoms with E-state index < -0.39 is 0 Å². The van der Waals surface area contributed by atoms with E-state index >= 15 is 0 Å². The number of ether oxygens (including phenoxy) is 1. The lowest BCUT2D eigenvalue weighted by atomic mass is 10.1. The van der Waals surface area contributed by atoms with Gasteiger partial charge in [-0.05, 0) is 49.9 Å². The summed E-state index contributed by atoms with van der Waals surface area (Å²) in [6, 6.07) is 7.30. The van der Waals surface area contributed by atoms with Crippen LogP contribution in [0.5, 0.6) is 5.75 Å². The summed E-state index contributed by atoms with van der Waals surface area (Å²) < 4.78 is 5.52. The Morgan fingerprint density at radius 3 is 2.95 bits per heavy atom. The number of amides is 1. The van der Waals surface area contributed by atoms with Crippen molar-refractivity contribution in [2.24, 2.45) is 11.7 Å². The van der Waals surface area contributed by atoms with Crippen molar-refractivity contribution >= 4 is 5.91 Å². The molecule has 0 aliphatic carbocycles. The van der Waals surface area contributed by atoms with Gasteiger partial charge in [0.2, 0.25) is 0 Å². The van der Waals surface area contributed by atoms with Gasteiger partial charge >= 0.3 is 0 Å². The van der Waals surface area contributed by atoms with Gasteiger partial charge in [-0.25, -0.2) is 0 Å². The largest absolute Gasteiger partial charge is 0.494 e. The Morgan fingerprint density at radius 1 is 1.45 bits per heavy atom. The van der Waals surface area contributed by atoms with Crippen molar-refractivity contribution in [1.29, 1.82) is 0 Å². The third-order valence-electron chi connectivity index (χ3n) is 3.13. The van der Waals surface area contributed by atoms with Crippen LogP contribution in [0.15, 0.2) is 24.3 Å². The van der Waals surface area contributed by atoms with E-state index in [4.69, 9.17) is 10.5 Å². The number of carbonyl (C=O) groups excluding carboxylic acids is 1. The van der Waals surface area contributed by atoms with Crippen LogP contribution in [0.25, 0.3) is 0 Å². The van der Waals surface area contributed by atoms with Gasteiger partial charge in [0.05, 0.1) is 6.61 Å². The van der Waals surface area contributed by atoms with Crippen LogP contribution in [-0.4, -0.2) is 25.6 Å². The molecule has 4 heteroatoms. The van der Waals surface area contributed by atoms with Crippen LogP contribution < -0.4 is 15.8 Å². The molecule has 1 amide bonds. The second-order valence-corrected chi connectivity index (χ2v) is 5.12.